The summed E-state index contributed by atoms with van der Waals surface area (Å²) in [6.45, 7) is 3.34. The summed E-state index contributed by atoms with van der Waals surface area (Å²) in [4.78, 5) is 4.73. The van der Waals surface area contributed by atoms with E-state index in [0.717, 1.165) is 17.3 Å². The van der Waals surface area contributed by atoms with E-state index in [1.54, 1.807) is 0 Å². The average Bonchev–Trinajstić information content (AvgIpc) is 2.90. The molecule has 102 valence electrons. The summed E-state index contributed by atoms with van der Waals surface area (Å²) in [6, 6.07) is 8.75. The van der Waals surface area contributed by atoms with Crippen LogP contribution in [0.4, 0.5) is 0 Å². The minimum Gasteiger partial charge on any atom is -0.307 e. The fourth-order valence-corrected chi connectivity index (χ4v) is 4.68. The van der Waals surface area contributed by atoms with Crippen LogP contribution in [-0.4, -0.2) is 22.5 Å². The summed E-state index contributed by atoms with van der Waals surface area (Å²) in [5.41, 5.74) is 1.13. The van der Waals surface area contributed by atoms with Crippen molar-refractivity contribution in [2.75, 3.05) is 12.3 Å². The van der Waals surface area contributed by atoms with Crippen LogP contribution >= 0.6 is 23.1 Å². The van der Waals surface area contributed by atoms with E-state index >= 15 is 0 Å². The lowest BCUT2D eigenvalue weighted by Gasteiger charge is -2.23. The molecule has 1 aliphatic heterocycles. The van der Waals surface area contributed by atoms with Gasteiger partial charge in [0, 0.05) is 11.8 Å². The molecule has 1 N–H and O–H groups in total. The lowest BCUT2D eigenvalue weighted by molar-refractivity contribution is 0.537. The van der Waals surface area contributed by atoms with E-state index in [1.165, 1.54) is 34.7 Å². The highest BCUT2D eigenvalue weighted by atomic mass is 32.2. The molecule has 4 heteroatoms. The third-order valence-corrected chi connectivity index (χ3v) is 6.22. The number of hydrogen-bond acceptors (Lipinski definition) is 4. The Balaban J connectivity index is 1.61. The second kappa shape index (κ2) is 6.25. The molecule has 2 atom stereocenters. The Labute approximate surface area is 123 Å². The zero-order chi connectivity index (χ0) is 13.1. The standard InChI is InChI=1S/C15H20N2S2/c1-11(16-10-12-6-4-5-9-18-12)15-17-13-7-2-3-8-14(13)19-15/h2-3,7-8,11-12,16H,4-6,9-10H2,1H3. The lowest BCUT2D eigenvalue weighted by Crippen LogP contribution is -2.28. The first-order chi connectivity index (χ1) is 9.33. The zero-order valence-electron chi connectivity index (χ0n) is 11.3. The van der Waals surface area contributed by atoms with Crippen molar-refractivity contribution in [3.63, 3.8) is 0 Å². The second-order valence-electron chi connectivity index (χ2n) is 5.14. The van der Waals surface area contributed by atoms with Crippen LogP contribution in [0.5, 0.6) is 0 Å². The highest BCUT2D eigenvalue weighted by Gasteiger charge is 2.16. The summed E-state index contributed by atoms with van der Waals surface area (Å²) in [7, 11) is 0. The van der Waals surface area contributed by atoms with Crippen LogP contribution in [0.1, 0.15) is 37.2 Å². The molecular weight excluding hydrogens is 272 g/mol. The van der Waals surface area contributed by atoms with Gasteiger partial charge in [0.05, 0.1) is 16.3 Å². The number of aromatic nitrogens is 1. The van der Waals surface area contributed by atoms with Crippen LogP contribution in [0.25, 0.3) is 10.2 Å². The van der Waals surface area contributed by atoms with Gasteiger partial charge in [-0.25, -0.2) is 4.98 Å². The quantitative estimate of drug-likeness (QED) is 0.912. The number of fused-ring (bicyclic) bond motifs is 1. The number of nitrogens with one attached hydrogen (secondary N) is 1. The van der Waals surface area contributed by atoms with Gasteiger partial charge >= 0.3 is 0 Å². The molecule has 1 aromatic heterocycles. The van der Waals surface area contributed by atoms with Crippen molar-refractivity contribution < 1.29 is 0 Å². The molecule has 3 rings (SSSR count). The molecule has 1 saturated heterocycles. The number of rotatable bonds is 4. The van der Waals surface area contributed by atoms with Gasteiger partial charge in [-0.1, -0.05) is 18.6 Å². The van der Waals surface area contributed by atoms with Gasteiger partial charge in [-0.3, -0.25) is 0 Å². The molecule has 2 unspecified atom stereocenters. The summed E-state index contributed by atoms with van der Waals surface area (Å²) in [5, 5.41) is 5.66. The van der Waals surface area contributed by atoms with E-state index in [2.05, 4.69) is 48.3 Å². The van der Waals surface area contributed by atoms with E-state index in [0.29, 0.717) is 6.04 Å². The normalized spacial score (nSPS) is 21.6. The molecule has 1 aliphatic rings. The first-order valence-electron chi connectivity index (χ1n) is 7.03. The van der Waals surface area contributed by atoms with Crippen molar-refractivity contribution in [2.24, 2.45) is 0 Å². The Bertz CT molecular complexity index is 499. The smallest absolute Gasteiger partial charge is 0.111 e. The number of thioether (sulfide) groups is 1. The molecule has 0 spiro atoms. The molecule has 0 amide bonds. The highest BCUT2D eigenvalue weighted by Crippen LogP contribution is 2.28. The Hall–Kier alpha value is -0.580. The second-order valence-corrected chi connectivity index (χ2v) is 7.61. The van der Waals surface area contributed by atoms with E-state index in [1.807, 2.05) is 11.3 Å². The SMILES string of the molecule is CC(NCC1CCCCS1)c1nc2ccccc2s1. The van der Waals surface area contributed by atoms with Gasteiger partial charge in [0.1, 0.15) is 5.01 Å². The van der Waals surface area contributed by atoms with E-state index in [4.69, 9.17) is 4.98 Å². The van der Waals surface area contributed by atoms with E-state index in [9.17, 15) is 0 Å². The van der Waals surface area contributed by atoms with E-state index < -0.39 is 0 Å². The Morgan fingerprint density at radius 2 is 2.26 bits per heavy atom. The molecule has 1 aromatic carbocycles. The Morgan fingerprint density at radius 1 is 1.37 bits per heavy atom. The molecule has 1 fully saturated rings. The Morgan fingerprint density at radius 3 is 3.05 bits per heavy atom. The first kappa shape index (κ1) is 13.4. The number of nitrogens with zero attached hydrogens (tertiary/aromatic N) is 1. The van der Waals surface area contributed by atoms with Crippen molar-refractivity contribution in [3.05, 3.63) is 29.3 Å². The maximum Gasteiger partial charge on any atom is 0.111 e. The zero-order valence-corrected chi connectivity index (χ0v) is 12.9. The predicted molar refractivity (Wildman–Crippen MR) is 86.1 cm³/mol. The lowest BCUT2D eigenvalue weighted by atomic mass is 10.2. The van der Waals surface area contributed by atoms with E-state index in [-0.39, 0.29) is 0 Å². The number of hydrogen-bond donors (Lipinski definition) is 1. The minimum atomic E-state index is 0.361. The van der Waals surface area contributed by atoms with Crippen LogP contribution in [0, 0.1) is 0 Å². The predicted octanol–water partition coefficient (Wildman–Crippen LogP) is 4.23. The van der Waals surface area contributed by atoms with Crippen molar-refractivity contribution in [3.8, 4) is 0 Å². The summed E-state index contributed by atoms with van der Waals surface area (Å²) in [6.07, 6.45) is 4.16. The summed E-state index contributed by atoms with van der Waals surface area (Å²) in [5.74, 6) is 1.34. The molecule has 0 bridgehead atoms. The third kappa shape index (κ3) is 3.30. The van der Waals surface area contributed by atoms with Crippen molar-refractivity contribution in [2.45, 2.75) is 37.5 Å². The molecule has 19 heavy (non-hydrogen) atoms. The molecule has 0 saturated carbocycles. The molecule has 0 radical (unpaired) electrons. The molecule has 0 aliphatic carbocycles. The fraction of sp³-hybridized carbons (Fsp3) is 0.533. The van der Waals surface area contributed by atoms with Crippen LogP contribution in [0.15, 0.2) is 24.3 Å². The summed E-state index contributed by atoms with van der Waals surface area (Å²) >= 11 is 3.94. The molecule has 2 nitrogen and oxygen atoms in total. The van der Waals surface area contributed by atoms with Gasteiger partial charge in [0.2, 0.25) is 0 Å². The molecular formula is C15H20N2S2. The number of benzene rings is 1. The van der Waals surface area contributed by atoms with Crippen LogP contribution in [0.2, 0.25) is 0 Å². The van der Waals surface area contributed by atoms with Crippen molar-refractivity contribution >= 4 is 33.3 Å². The average molecular weight is 292 g/mol. The maximum absolute atomic E-state index is 4.73. The first-order valence-corrected chi connectivity index (χ1v) is 8.90. The van der Waals surface area contributed by atoms with Crippen molar-refractivity contribution in [1.82, 2.24) is 10.3 Å². The van der Waals surface area contributed by atoms with Gasteiger partial charge in [-0.05, 0) is 37.7 Å². The molecule has 2 aromatic rings. The largest absolute Gasteiger partial charge is 0.307 e. The van der Waals surface area contributed by atoms with Crippen LogP contribution < -0.4 is 5.32 Å². The molecule has 2 heterocycles. The maximum atomic E-state index is 4.73. The van der Waals surface area contributed by atoms with Gasteiger partial charge in [0.25, 0.3) is 0 Å². The topological polar surface area (TPSA) is 24.9 Å². The fourth-order valence-electron chi connectivity index (χ4n) is 2.44. The van der Waals surface area contributed by atoms with Crippen molar-refractivity contribution in [1.29, 1.82) is 0 Å². The van der Waals surface area contributed by atoms with Crippen LogP contribution in [0.3, 0.4) is 0 Å². The van der Waals surface area contributed by atoms with Gasteiger partial charge in [-0.15, -0.1) is 11.3 Å². The summed E-state index contributed by atoms with van der Waals surface area (Å²) < 4.78 is 1.29. The number of thiazole rings is 1. The van der Waals surface area contributed by atoms with Gasteiger partial charge in [-0.2, -0.15) is 11.8 Å². The van der Waals surface area contributed by atoms with Crippen LogP contribution in [-0.2, 0) is 0 Å². The highest BCUT2D eigenvalue weighted by molar-refractivity contribution is 7.99. The third-order valence-electron chi connectivity index (χ3n) is 3.61. The number of para-hydroxylation sites is 1. The Kier molecular flexibility index (Phi) is 4.41. The van der Waals surface area contributed by atoms with Gasteiger partial charge < -0.3 is 5.32 Å². The monoisotopic (exact) mass is 292 g/mol. The minimum absolute atomic E-state index is 0.361. The van der Waals surface area contributed by atoms with Gasteiger partial charge in [0.15, 0.2) is 0 Å².